The normalized spacial score (nSPS) is 16.9. The van der Waals surface area contributed by atoms with Crippen LogP contribution in [0, 0.1) is 17.6 Å². The molecule has 1 aliphatic heterocycles. The lowest BCUT2D eigenvalue weighted by Gasteiger charge is -2.28. The van der Waals surface area contributed by atoms with E-state index in [4.69, 9.17) is 16.3 Å². The Balaban J connectivity index is 1.82. The van der Waals surface area contributed by atoms with E-state index in [-0.39, 0.29) is 24.6 Å². The molecule has 2 aromatic carbocycles. The number of nitrogens with zero attached hydrogens (tertiary/aromatic N) is 1. The van der Waals surface area contributed by atoms with Crippen LogP contribution >= 0.6 is 11.6 Å². The van der Waals surface area contributed by atoms with Crippen LogP contribution in [0.3, 0.4) is 0 Å². The zero-order valence-corrected chi connectivity index (χ0v) is 18.2. The van der Waals surface area contributed by atoms with E-state index in [1.165, 1.54) is 4.90 Å². The summed E-state index contributed by atoms with van der Waals surface area (Å²) in [6.45, 7) is 1.95. The van der Waals surface area contributed by atoms with E-state index in [1.807, 2.05) is 0 Å². The fraction of sp³-hybridized carbons (Fsp3) is 0.333. The Kier molecular flexibility index (Phi) is 7.61. The summed E-state index contributed by atoms with van der Waals surface area (Å²) < 4.78 is 47.1. The van der Waals surface area contributed by atoms with Crippen LogP contribution in [0.4, 0.5) is 13.6 Å². The molecule has 31 heavy (non-hydrogen) atoms. The second-order valence-corrected chi connectivity index (χ2v) is 9.17. The number of amides is 2. The summed E-state index contributed by atoms with van der Waals surface area (Å²) in [7, 11) is -1.79. The van der Waals surface area contributed by atoms with Gasteiger partial charge in [-0.2, -0.15) is 0 Å². The predicted octanol–water partition coefficient (Wildman–Crippen LogP) is 3.67. The summed E-state index contributed by atoms with van der Waals surface area (Å²) in [6.07, 6.45) is -0.697. The summed E-state index contributed by atoms with van der Waals surface area (Å²) in [4.78, 5) is 25.4. The fourth-order valence-corrected chi connectivity index (χ4v) is 4.99. The molecule has 0 radical (unpaired) electrons. The van der Waals surface area contributed by atoms with Crippen LogP contribution in [0.1, 0.15) is 17.7 Å². The van der Waals surface area contributed by atoms with Crippen molar-refractivity contribution in [2.45, 2.75) is 17.1 Å². The highest BCUT2D eigenvalue weighted by Gasteiger charge is 2.31. The molecular formula is C21H21ClF2N2O4S. The number of carbonyl (C=O) groups is 2. The molecule has 0 saturated carbocycles. The van der Waals surface area contributed by atoms with Gasteiger partial charge < -0.3 is 10.1 Å². The van der Waals surface area contributed by atoms with Crippen molar-refractivity contribution in [2.24, 2.45) is 5.92 Å². The molecule has 6 nitrogen and oxygen atoms in total. The van der Waals surface area contributed by atoms with Crippen LogP contribution in [-0.2, 0) is 20.3 Å². The van der Waals surface area contributed by atoms with Crippen molar-refractivity contribution in [1.82, 2.24) is 10.2 Å². The van der Waals surface area contributed by atoms with Crippen molar-refractivity contribution in [2.75, 3.05) is 26.2 Å². The van der Waals surface area contributed by atoms with E-state index in [1.54, 1.807) is 31.2 Å². The molecule has 3 atom stereocenters. The van der Waals surface area contributed by atoms with Gasteiger partial charge in [0, 0.05) is 34.5 Å². The Labute approximate surface area is 186 Å². The second kappa shape index (κ2) is 10.2. The van der Waals surface area contributed by atoms with Gasteiger partial charge in [0.2, 0.25) is 5.91 Å². The maximum Gasteiger partial charge on any atom is 0.410 e. The van der Waals surface area contributed by atoms with Gasteiger partial charge in [-0.1, -0.05) is 18.5 Å². The number of halogens is 3. The maximum atomic E-state index is 14.6. The number of rotatable bonds is 6. The first-order chi connectivity index (χ1) is 14.8. The molecule has 0 aliphatic carbocycles. The Morgan fingerprint density at radius 2 is 1.97 bits per heavy atom. The standard InChI is InChI=1S/C21H21ClF2N2O4S/c1-13(12-30-21(28)26-9-8-25-19(27)11-26)20(17-10-15(23)4-7-18(17)24)31(29)16-5-2-14(22)3-6-16/h2-7,10,13,20H,8-9,11-12H2,1H3,(H,25,27)/t13-,20+,31?/m1/s1. The Morgan fingerprint density at radius 3 is 2.65 bits per heavy atom. The molecule has 2 aromatic rings. The molecule has 0 aromatic heterocycles. The van der Waals surface area contributed by atoms with E-state index in [2.05, 4.69) is 5.32 Å². The molecule has 1 unspecified atom stereocenters. The number of hydrogen-bond acceptors (Lipinski definition) is 4. The second-order valence-electron chi connectivity index (χ2n) is 7.16. The van der Waals surface area contributed by atoms with Gasteiger partial charge in [0.15, 0.2) is 0 Å². The SMILES string of the molecule is C[C@H](COC(=O)N1CCNC(=O)C1)[C@@H](c1cc(F)ccc1F)S(=O)c1ccc(Cl)cc1. The number of nitrogens with one attached hydrogen (secondary N) is 1. The van der Waals surface area contributed by atoms with Gasteiger partial charge in [-0.05, 0) is 42.5 Å². The van der Waals surface area contributed by atoms with Gasteiger partial charge in [0.25, 0.3) is 0 Å². The van der Waals surface area contributed by atoms with Crippen LogP contribution < -0.4 is 5.32 Å². The molecule has 1 heterocycles. The molecule has 1 aliphatic rings. The Morgan fingerprint density at radius 1 is 1.26 bits per heavy atom. The van der Waals surface area contributed by atoms with E-state index in [0.717, 1.165) is 18.2 Å². The van der Waals surface area contributed by atoms with Gasteiger partial charge in [-0.25, -0.2) is 13.6 Å². The van der Waals surface area contributed by atoms with E-state index in [0.29, 0.717) is 23.0 Å². The lowest BCUT2D eigenvalue weighted by atomic mass is 10.0. The molecule has 1 fully saturated rings. The minimum atomic E-state index is -1.79. The number of piperazine rings is 1. The fourth-order valence-electron chi connectivity index (χ4n) is 3.26. The molecule has 2 amide bonds. The van der Waals surface area contributed by atoms with Gasteiger partial charge >= 0.3 is 6.09 Å². The first-order valence-electron chi connectivity index (χ1n) is 9.55. The largest absolute Gasteiger partial charge is 0.449 e. The zero-order valence-electron chi connectivity index (χ0n) is 16.6. The van der Waals surface area contributed by atoms with E-state index >= 15 is 0 Å². The third-order valence-electron chi connectivity index (χ3n) is 4.82. The van der Waals surface area contributed by atoms with E-state index < -0.39 is 39.7 Å². The van der Waals surface area contributed by atoms with Gasteiger partial charge in [-0.3, -0.25) is 13.9 Å². The molecular weight excluding hydrogens is 450 g/mol. The van der Waals surface area contributed by atoms with Crippen LogP contribution in [0.15, 0.2) is 47.4 Å². The topological polar surface area (TPSA) is 75.7 Å². The van der Waals surface area contributed by atoms with Crippen LogP contribution in [0.5, 0.6) is 0 Å². The summed E-state index contributed by atoms with van der Waals surface area (Å²) in [5.41, 5.74) is -0.0748. The zero-order chi connectivity index (χ0) is 22.5. The molecule has 0 bridgehead atoms. The smallest absolute Gasteiger partial charge is 0.410 e. The van der Waals surface area contributed by atoms with E-state index in [9.17, 15) is 22.6 Å². The molecule has 1 N–H and O–H groups in total. The monoisotopic (exact) mass is 470 g/mol. The Bertz CT molecular complexity index is 990. The summed E-state index contributed by atoms with van der Waals surface area (Å²) in [6, 6.07) is 9.16. The third-order valence-corrected chi connectivity index (χ3v) is 6.99. The highest BCUT2D eigenvalue weighted by molar-refractivity contribution is 7.85. The quantitative estimate of drug-likeness (QED) is 0.699. The predicted molar refractivity (Wildman–Crippen MR) is 112 cm³/mol. The molecule has 10 heteroatoms. The van der Waals surface area contributed by atoms with Crippen LogP contribution in [0.25, 0.3) is 0 Å². The first kappa shape index (κ1) is 23.1. The number of benzene rings is 2. The van der Waals surface area contributed by atoms with Crippen molar-refractivity contribution >= 4 is 34.4 Å². The summed E-state index contributed by atoms with van der Waals surface area (Å²) in [5, 5.41) is 2.06. The third kappa shape index (κ3) is 5.80. The first-order valence-corrected chi connectivity index (χ1v) is 11.1. The van der Waals surface area contributed by atoms with Gasteiger partial charge in [-0.15, -0.1) is 0 Å². The van der Waals surface area contributed by atoms with Crippen molar-refractivity contribution in [3.63, 3.8) is 0 Å². The minimum absolute atomic E-state index is 0.0748. The molecule has 3 rings (SSSR count). The molecule has 0 spiro atoms. The van der Waals surface area contributed by atoms with Crippen LogP contribution in [0.2, 0.25) is 5.02 Å². The van der Waals surface area contributed by atoms with Gasteiger partial charge in [0.1, 0.15) is 18.2 Å². The highest BCUT2D eigenvalue weighted by atomic mass is 35.5. The average molecular weight is 471 g/mol. The lowest BCUT2D eigenvalue weighted by Crippen LogP contribution is -2.50. The summed E-state index contributed by atoms with van der Waals surface area (Å²) >= 11 is 5.89. The number of carbonyl (C=O) groups excluding carboxylic acids is 2. The minimum Gasteiger partial charge on any atom is -0.449 e. The maximum absolute atomic E-state index is 14.6. The van der Waals surface area contributed by atoms with Crippen molar-refractivity contribution in [3.8, 4) is 0 Å². The number of hydrogen-bond donors (Lipinski definition) is 1. The lowest BCUT2D eigenvalue weighted by molar-refractivity contribution is -0.123. The molecule has 166 valence electrons. The van der Waals surface area contributed by atoms with Crippen molar-refractivity contribution in [3.05, 3.63) is 64.7 Å². The molecule has 1 saturated heterocycles. The van der Waals surface area contributed by atoms with Crippen LogP contribution in [-0.4, -0.2) is 47.4 Å². The number of ether oxygens (including phenoxy) is 1. The van der Waals surface area contributed by atoms with Crippen molar-refractivity contribution < 1.29 is 27.3 Å². The highest BCUT2D eigenvalue weighted by Crippen LogP contribution is 2.35. The average Bonchev–Trinajstić information content (AvgIpc) is 2.75. The Hall–Kier alpha value is -2.52. The van der Waals surface area contributed by atoms with Gasteiger partial charge in [0.05, 0.1) is 22.7 Å². The van der Waals surface area contributed by atoms with Crippen molar-refractivity contribution in [1.29, 1.82) is 0 Å². The summed E-state index contributed by atoms with van der Waals surface area (Å²) in [5.74, 6) is -2.30.